The first-order valence-corrected chi connectivity index (χ1v) is 6.22. The summed E-state index contributed by atoms with van der Waals surface area (Å²) in [6, 6.07) is -0.300. The van der Waals surface area contributed by atoms with E-state index in [0.717, 1.165) is 12.8 Å². The van der Waals surface area contributed by atoms with Crippen molar-refractivity contribution in [3.63, 3.8) is 0 Å². The average molecular weight is 242 g/mol. The third-order valence-corrected chi connectivity index (χ3v) is 3.53. The molecular formula is C12H22N2O3. The number of nitrogens with zero attached hydrogens (tertiary/aromatic N) is 1. The van der Waals surface area contributed by atoms with Gasteiger partial charge in [-0.3, -0.25) is 9.59 Å². The Labute approximate surface area is 102 Å². The van der Waals surface area contributed by atoms with Gasteiger partial charge in [0.1, 0.15) is 0 Å². The predicted octanol–water partition coefficient (Wildman–Crippen LogP) is 0.970. The van der Waals surface area contributed by atoms with Gasteiger partial charge in [-0.15, -0.1) is 0 Å². The van der Waals surface area contributed by atoms with Crippen LogP contribution in [0.15, 0.2) is 0 Å². The van der Waals surface area contributed by atoms with Crippen LogP contribution in [0.5, 0.6) is 0 Å². The first-order valence-electron chi connectivity index (χ1n) is 6.22. The van der Waals surface area contributed by atoms with Crippen molar-refractivity contribution >= 4 is 11.9 Å². The molecule has 0 aromatic heterocycles. The number of likely N-dealkylation sites (N-methyl/N-ethyl adjacent to an activating group) is 1. The normalized spacial score (nSPS) is 19.9. The number of carbonyl (C=O) groups is 2. The maximum atomic E-state index is 12.3. The Morgan fingerprint density at radius 3 is 2.35 bits per heavy atom. The maximum absolute atomic E-state index is 12.3. The van der Waals surface area contributed by atoms with E-state index >= 15 is 0 Å². The van der Waals surface area contributed by atoms with Gasteiger partial charge in [0.25, 0.3) is 0 Å². The minimum Gasteiger partial charge on any atom is -0.481 e. The number of rotatable bonds is 5. The zero-order chi connectivity index (χ0) is 13.1. The van der Waals surface area contributed by atoms with Crippen LogP contribution in [-0.4, -0.2) is 40.0 Å². The molecule has 1 rings (SSSR count). The second-order valence-electron chi connectivity index (χ2n) is 4.90. The first-order chi connectivity index (χ1) is 7.90. The van der Waals surface area contributed by atoms with Gasteiger partial charge < -0.3 is 15.7 Å². The van der Waals surface area contributed by atoms with E-state index in [1.165, 1.54) is 0 Å². The van der Waals surface area contributed by atoms with E-state index in [-0.39, 0.29) is 18.4 Å². The number of aliphatic carboxylic acids is 1. The molecule has 0 aromatic rings. The molecule has 0 saturated heterocycles. The SMILES string of the molecule is CCN(C(=O)C1(N)CCCC1)C(C)CC(=O)O. The Kier molecular flexibility index (Phi) is 4.51. The van der Waals surface area contributed by atoms with E-state index in [9.17, 15) is 9.59 Å². The Morgan fingerprint density at radius 2 is 1.94 bits per heavy atom. The molecule has 0 radical (unpaired) electrons. The fourth-order valence-corrected chi connectivity index (χ4v) is 2.52. The van der Waals surface area contributed by atoms with Gasteiger partial charge in [0.05, 0.1) is 12.0 Å². The minimum absolute atomic E-state index is 0.0321. The quantitative estimate of drug-likeness (QED) is 0.752. The van der Waals surface area contributed by atoms with Gasteiger partial charge in [-0.2, -0.15) is 0 Å². The van der Waals surface area contributed by atoms with Gasteiger partial charge in [-0.05, 0) is 26.7 Å². The van der Waals surface area contributed by atoms with E-state index in [0.29, 0.717) is 19.4 Å². The number of hydrogen-bond acceptors (Lipinski definition) is 3. The fraction of sp³-hybridized carbons (Fsp3) is 0.833. The Morgan fingerprint density at radius 1 is 1.41 bits per heavy atom. The molecule has 1 amide bonds. The number of amides is 1. The van der Waals surface area contributed by atoms with Crippen molar-refractivity contribution in [3.05, 3.63) is 0 Å². The monoisotopic (exact) mass is 242 g/mol. The maximum Gasteiger partial charge on any atom is 0.305 e. The van der Waals surface area contributed by atoms with E-state index in [4.69, 9.17) is 10.8 Å². The van der Waals surface area contributed by atoms with Crippen molar-refractivity contribution in [3.8, 4) is 0 Å². The van der Waals surface area contributed by atoms with Crippen LogP contribution in [-0.2, 0) is 9.59 Å². The summed E-state index contributed by atoms with van der Waals surface area (Å²) in [5, 5.41) is 8.77. The average Bonchev–Trinajstić information content (AvgIpc) is 2.66. The molecule has 1 fully saturated rings. The van der Waals surface area contributed by atoms with Crippen molar-refractivity contribution < 1.29 is 14.7 Å². The number of hydrogen-bond donors (Lipinski definition) is 2. The van der Waals surface area contributed by atoms with Gasteiger partial charge in [-0.25, -0.2) is 0 Å². The predicted molar refractivity (Wildman–Crippen MR) is 64.5 cm³/mol. The van der Waals surface area contributed by atoms with Crippen LogP contribution in [0.1, 0.15) is 46.0 Å². The highest BCUT2D eigenvalue weighted by Gasteiger charge is 2.40. The highest BCUT2D eigenvalue weighted by atomic mass is 16.4. The standard InChI is InChI=1S/C12H22N2O3/c1-3-14(9(2)8-10(15)16)11(17)12(13)6-4-5-7-12/h9H,3-8,13H2,1-2H3,(H,15,16). The van der Waals surface area contributed by atoms with Crippen molar-refractivity contribution in [1.29, 1.82) is 0 Å². The third kappa shape index (κ3) is 3.19. The third-order valence-electron chi connectivity index (χ3n) is 3.53. The second kappa shape index (κ2) is 5.49. The molecule has 1 aliphatic rings. The van der Waals surface area contributed by atoms with Crippen LogP contribution < -0.4 is 5.73 Å². The van der Waals surface area contributed by atoms with Crippen molar-refractivity contribution in [2.75, 3.05) is 6.54 Å². The lowest BCUT2D eigenvalue weighted by Crippen LogP contribution is -2.56. The van der Waals surface area contributed by atoms with E-state index < -0.39 is 11.5 Å². The molecule has 5 heteroatoms. The molecule has 17 heavy (non-hydrogen) atoms. The van der Waals surface area contributed by atoms with Crippen LogP contribution in [0.4, 0.5) is 0 Å². The molecular weight excluding hydrogens is 220 g/mol. The molecule has 98 valence electrons. The van der Waals surface area contributed by atoms with Crippen molar-refractivity contribution in [2.24, 2.45) is 5.73 Å². The molecule has 0 aromatic carbocycles. The van der Waals surface area contributed by atoms with Crippen LogP contribution in [0.25, 0.3) is 0 Å². The Hall–Kier alpha value is -1.10. The molecule has 0 spiro atoms. The van der Waals surface area contributed by atoms with E-state index in [2.05, 4.69) is 0 Å². The Balaban J connectivity index is 2.72. The van der Waals surface area contributed by atoms with E-state index in [1.54, 1.807) is 11.8 Å². The van der Waals surface area contributed by atoms with Crippen LogP contribution >= 0.6 is 0 Å². The van der Waals surface area contributed by atoms with Crippen LogP contribution in [0.3, 0.4) is 0 Å². The number of carboxylic acid groups (broad SMARTS) is 1. The number of carbonyl (C=O) groups excluding carboxylic acids is 1. The molecule has 1 saturated carbocycles. The summed E-state index contributed by atoms with van der Waals surface area (Å²) in [5.41, 5.74) is 5.35. The van der Waals surface area contributed by atoms with Gasteiger partial charge in [0, 0.05) is 12.6 Å². The molecule has 0 bridgehead atoms. The highest BCUT2D eigenvalue weighted by Crippen LogP contribution is 2.29. The molecule has 5 nitrogen and oxygen atoms in total. The minimum atomic E-state index is -0.888. The zero-order valence-electron chi connectivity index (χ0n) is 10.6. The lowest BCUT2D eigenvalue weighted by atomic mass is 9.96. The molecule has 1 aliphatic carbocycles. The number of nitrogens with two attached hydrogens (primary N) is 1. The Bertz CT molecular complexity index is 298. The second-order valence-corrected chi connectivity index (χ2v) is 4.90. The summed E-state index contributed by atoms with van der Waals surface area (Å²) in [4.78, 5) is 24.6. The molecule has 1 unspecified atom stereocenters. The zero-order valence-corrected chi connectivity index (χ0v) is 10.6. The van der Waals surface area contributed by atoms with Crippen LogP contribution in [0.2, 0.25) is 0 Å². The summed E-state index contributed by atoms with van der Waals surface area (Å²) in [7, 11) is 0. The van der Waals surface area contributed by atoms with Crippen LogP contribution in [0, 0.1) is 0 Å². The smallest absolute Gasteiger partial charge is 0.305 e. The summed E-state index contributed by atoms with van der Waals surface area (Å²) < 4.78 is 0. The molecule has 0 aliphatic heterocycles. The summed E-state index contributed by atoms with van der Waals surface area (Å²) in [6.45, 7) is 4.12. The highest BCUT2D eigenvalue weighted by molar-refractivity contribution is 5.87. The summed E-state index contributed by atoms with van der Waals surface area (Å²) in [6.07, 6.45) is 3.35. The first kappa shape index (κ1) is 14.0. The van der Waals surface area contributed by atoms with Crippen molar-refractivity contribution in [1.82, 2.24) is 4.90 Å². The summed E-state index contributed by atoms with van der Waals surface area (Å²) in [5.74, 6) is -0.979. The van der Waals surface area contributed by atoms with Gasteiger partial charge in [0.15, 0.2) is 0 Å². The van der Waals surface area contributed by atoms with Gasteiger partial charge >= 0.3 is 5.97 Å². The largest absolute Gasteiger partial charge is 0.481 e. The molecule has 1 atom stereocenters. The lowest BCUT2D eigenvalue weighted by Gasteiger charge is -2.34. The molecule has 0 heterocycles. The van der Waals surface area contributed by atoms with Gasteiger partial charge in [0.2, 0.25) is 5.91 Å². The number of carboxylic acids is 1. The summed E-state index contributed by atoms with van der Waals surface area (Å²) >= 11 is 0. The molecule has 3 N–H and O–H groups in total. The van der Waals surface area contributed by atoms with Gasteiger partial charge in [-0.1, -0.05) is 12.8 Å². The van der Waals surface area contributed by atoms with E-state index in [1.807, 2.05) is 6.92 Å². The van der Waals surface area contributed by atoms with Crippen molar-refractivity contribution in [2.45, 2.75) is 57.5 Å². The topological polar surface area (TPSA) is 83.6 Å². The lowest BCUT2D eigenvalue weighted by molar-refractivity contribution is -0.142. The fourth-order valence-electron chi connectivity index (χ4n) is 2.52.